The van der Waals surface area contributed by atoms with Gasteiger partial charge in [-0.3, -0.25) is 4.79 Å². The molecule has 4 nitrogen and oxygen atoms in total. The van der Waals surface area contributed by atoms with Crippen LogP contribution >= 0.6 is 0 Å². The minimum Gasteiger partial charge on any atom is -0.396 e. The van der Waals surface area contributed by atoms with E-state index in [2.05, 4.69) is 5.32 Å². The van der Waals surface area contributed by atoms with Gasteiger partial charge in [-0.05, 0) is 18.9 Å². The number of aliphatic hydroxyl groups excluding tert-OH is 1. The Balaban J connectivity index is 2.58. The Hall–Kier alpha value is -1.39. The summed E-state index contributed by atoms with van der Waals surface area (Å²) in [7, 11) is 0. The Morgan fingerprint density at radius 3 is 2.59 bits per heavy atom. The first-order valence-corrected chi connectivity index (χ1v) is 5.84. The molecule has 1 amide bonds. The zero-order valence-corrected chi connectivity index (χ0v) is 10.1. The van der Waals surface area contributed by atoms with Crippen molar-refractivity contribution in [3.05, 3.63) is 35.9 Å². The van der Waals surface area contributed by atoms with Gasteiger partial charge < -0.3 is 16.2 Å². The van der Waals surface area contributed by atoms with Crippen LogP contribution in [0.2, 0.25) is 0 Å². The molecular weight excluding hydrogens is 216 g/mol. The van der Waals surface area contributed by atoms with Crippen LogP contribution in [0.15, 0.2) is 30.3 Å². The smallest absolute Gasteiger partial charge is 0.236 e. The van der Waals surface area contributed by atoms with Crippen LogP contribution in [0.4, 0.5) is 0 Å². The molecule has 0 heterocycles. The molecule has 1 rings (SSSR count). The first-order chi connectivity index (χ1) is 8.15. The number of aliphatic hydroxyl groups is 1. The predicted molar refractivity (Wildman–Crippen MR) is 67.5 cm³/mol. The molecule has 0 spiro atoms. The molecule has 0 aliphatic heterocycles. The van der Waals surface area contributed by atoms with Gasteiger partial charge in [-0.25, -0.2) is 0 Å². The maximum absolute atomic E-state index is 11.4. The van der Waals surface area contributed by atoms with Crippen molar-refractivity contribution in [2.75, 3.05) is 13.2 Å². The Labute approximate surface area is 102 Å². The number of carbonyl (C=O) groups is 1. The van der Waals surface area contributed by atoms with Gasteiger partial charge in [0, 0.05) is 19.1 Å². The molecule has 0 saturated heterocycles. The summed E-state index contributed by atoms with van der Waals surface area (Å²) >= 11 is 0. The van der Waals surface area contributed by atoms with Gasteiger partial charge >= 0.3 is 0 Å². The third kappa shape index (κ3) is 4.54. The highest BCUT2D eigenvalue weighted by Gasteiger charge is 2.13. The molecule has 94 valence electrons. The van der Waals surface area contributed by atoms with Crippen molar-refractivity contribution in [2.45, 2.75) is 25.3 Å². The number of rotatable bonds is 6. The topological polar surface area (TPSA) is 75.4 Å². The van der Waals surface area contributed by atoms with Crippen LogP contribution in [-0.4, -0.2) is 30.2 Å². The van der Waals surface area contributed by atoms with Gasteiger partial charge in [0.25, 0.3) is 0 Å². The minimum atomic E-state index is -0.499. The van der Waals surface area contributed by atoms with Crippen molar-refractivity contribution in [1.82, 2.24) is 5.32 Å². The molecule has 0 bridgehead atoms. The van der Waals surface area contributed by atoms with E-state index < -0.39 is 6.04 Å². The predicted octanol–water partition coefficient (Wildman–Crippen LogP) is 0.616. The second-order valence-corrected chi connectivity index (χ2v) is 4.15. The van der Waals surface area contributed by atoms with E-state index >= 15 is 0 Å². The summed E-state index contributed by atoms with van der Waals surface area (Å²) in [4.78, 5) is 11.4. The van der Waals surface area contributed by atoms with Crippen molar-refractivity contribution < 1.29 is 9.90 Å². The van der Waals surface area contributed by atoms with Crippen LogP contribution in [0.3, 0.4) is 0 Å². The Bertz CT molecular complexity index is 339. The van der Waals surface area contributed by atoms with Gasteiger partial charge in [-0.1, -0.05) is 30.3 Å². The van der Waals surface area contributed by atoms with E-state index in [1.165, 1.54) is 0 Å². The molecule has 17 heavy (non-hydrogen) atoms. The van der Waals surface area contributed by atoms with Crippen LogP contribution in [0, 0.1) is 0 Å². The maximum atomic E-state index is 11.4. The molecule has 1 aromatic carbocycles. The van der Waals surface area contributed by atoms with Crippen LogP contribution in [0.25, 0.3) is 0 Å². The van der Waals surface area contributed by atoms with E-state index in [1.807, 2.05) is 30.3 Å². The van der Waals surface area contributed by atoms with Crippen molar-refractivity contribution in [3.63, 3.8) is 0 Å². The van der Waals surface area contributed by atoms with Crippen LogP contribution < -0.4 is 11.1 Å². The molecule has 0 fully saturated rings. The lowest BCUT2D eigenvalue weighted by Gasteiger charge is -2.17. The summed E-state index contributed by atoms with van der Waals surface area (Å²) in [5.74, 6) is -0.0345. The molecule has 0 aliphatic carbocycles. The van der Waals surface area contributed by atoms with Crippen LogP contribution in [0.1, 0.15) is 24.8 Å². The van der Waals surface area contributed by atoms with Gasteiger partial charge in [-0.15, -0.1) is 0 Å². The second kappa shape index (κ2) is 7.04. The van der Waals surface area contributed by atoms with Gasteiger partial charge in [0.05, 0.1) is 6.04 Å². The number of hydrogen-bond donors (Lipinski definition) is 3. The fourth-order valence-electron chi connectivity index (χ4n) is 1.65. The largest absolute Gasteiger partial charge is 0.396 e. The van der Waals surface area contributed by atoms with Crippen molar-refractivity contribution in [3.8, 4) is 0 Å². The SMILES string of the molecule is C[C@H](N)C(=O)NCC(CCO)c1ccccc1. The molecule has 1 unspecified atom stereocenters. The molecule has 0 saturated carbocycles. The molecule has 0 radical (unpaired) electrons. The van der Waals surface area contributed by atoms with Crippen molar-refractivity contribution >= 4 is 5.91 Å². The number of benzene rings is 1. The summed E-state index contributed by atoms with van der Waals surface area (Å²) in [6, 6.07) is 9.34. The van der Waals surface area contributed by atoms with E-state index in [0.29, 0.717) is 13.0 Å². The highest BCUT2D eigenvalue weighted by molar-refractivity contribution is 5.80. The summed E-state index contributed by atoms with van der Waals surface area (Å²) in [6.07, 6.45) is 0.628. The summed E-state index contributed by atoms with van der Waals surface area (Å²) in [6.45, 7) is 2.26. The fraction of sp³-hybridized carbons (Fsp3) is 0.462. The molecular formula is C13H20N2O2. The Morgan fingerprint density at radius 1 is 1.41 bits per heavy atom. The van der Waals surface area contributed by atoms with Gasteiger partial charge in [0.2, 0.25) is 5.91 Å². The molecule has 0 aromatic heterocycles. The number of nitrogens with one attached hydrogen (secondary N) is 1. The van der Waals surface area contributed by atoms with Crippen molar-refractivity contribution in [2.24, 2.45) is 5.73 Å². The highest BCUT2D eigenvalue weighted by atomic mass is 16.3. The summed E-state index contributed by atoms with van der Waals surface area (Å²) < 4.78 is 0. The minimum absolute atomic E-state index is 0.105. The molecule has 1 aromatic rings. The van der Waals surface area contributed by atoms with Gasteiger partial charge in [0.15, 0.2) is 0 Å². The van der Waals surface area contributed by atoms with Gasteiger partial charge in [-0.2, -0.15) is 0 Å². The molecule has 4 N–H and O–H groups in total. The lowest BCUT2D eigenvalue weighted by atomic mass is 9.96. The maximum Gasteiger partial charge on any atom is 0.236 e. The van der Waals surface area contributed by atoms with E-state index in [-0.39, 0.29) is 18.4 Å². The van der Waals surface area contributed by atoms with Crippen molar-refractivity contribution in [1.29, 1.82) is 0 Å². The number of hydrogen-bond acceptors (Lipinski definition) is 3. The van der Waals surface area contributed by atoms with Crippen LogP contribution in [0.5, 0.6) is 0 Å². The van der Waals surface area contributed by atoms with Gasteiger partial charge in [0.1, 0.15) is 0 Å². The number of nitrogens with two attached hydrogens (primary N) is 1. The van der Waals surface area contributed by atoms with E-state index in [1.54, 1.807) is 6.92 Å². The quantitative estimate of drug-likeness (QED) is 0.677. The molecule has 4 heteroatoms. The number of amides is 1. The molecule has 2 atom stereocenters. The van der Waals surface area contributed by atoms with E-state index in [9.17, 15) is 4.79 Å². The average molecular weight is 236 g/mol. The zero-order valence-electron chi connectivity index (χ0n) is 10.1. The highest BCUT2D eigenvalue weighted by Crippen LogP contribution is 2.17. The first kappa shape index (κ1) is 13.7. The van der Waals surface area contributed by atoms with E-state index in [4.69, 9.17) is 10.8 Å². The third-order valence-corrected chi connectivity index (χ3v) is 2.68. The van der Waals surface area contributed by atoms with E-state index in [0.717, 1.165) is 5.56 Å². The first-order valence-electron chi connectivity index (χ1n) is 5.84. The third-order valence-electron chi connectivity index (χ3n) is 2.68. The second-order valence-electron chi connectivity index (χ2n) is 4.15. The summed E-state index contributed by atoms with van der Waals surface area (Å²) in [5.41, 5.74) is 6.59. The normalized spacial score (nSPS) is 14.1. The lowest BCUT2D eigenvalue weighted by molar-refractivity contribution is -0.122. The Morgan fingerprint density at radius 2 is 2.06 bits per heavy atom. The Kier molecular flexibility index (Phi) is 5.66. The monoisotopic (exact) mass is 236 g/mol. The summed E-state index contributed by atoms with van der Waals surface area (Å²) in [5, 5.41) is 11.8. The fourth-order valence-corrected chi connectivity index (χ4v) is 1.65. The standard InChI is InChI=1S/C13H20N2O2/c1-10(14)13(17)15-9-12(7-8-16)11-5-3-2-4-6-11/h2-6,10,12,16H,7-9,14H2,1H3,(H,15,17)/t10-,12?/m0/s1. The zero-order chi connectivity index (χ0) is 12.7. The van der Waals surface area contributed by atoms with Crippen LogP contribution in [-0.2, 0) is 4.79 Å². The molecule has 0 aliphatic rings. The lowest BCUT2D eigenvalue weighted by Crippen LogP contribution is -2.40. The number of carbonyl (C=O) groups excluding carboxylic acids is 1. The average Bonchev–Trinajstić information content (AvgIpc) is 2.35.